The van der Waals surface area contributed by atoms with Crippen molar-refractivity contribution in [2.75, 3.05) is 34.4 Å². The minimum atomic E-state index is -1.01. The SMILES string of the molecule is COc1ccc(OC)c(C(C(=O)O)N(C)CCO)c1. The first-order valence-corrected chi connectivity index (χ1v) is 5.81. The van der Waals surface area contributed by atoms with Gasteiger partial charge in [0.2, 0.25) is 0 Å². The molecular formula is C13H19NO5. The van der Waals surface area contributed by atoms with Crippen molar-refractivity contribution in [3.63, 3.8) is 0 Å². The first-order chi connectivity index (χ1) is 9.04. The van der Waals surface area contributed by atoms with Crippen molar-refractivity contribution in [1.29, 1.82) is 0 Å². The molecule has 19 heavy (non-hydrogen) atoms. The quantitative estimate of drug-likeness (QED) is 0.760. The summed E-state index contributed by atoms with van der Waals surface area (Å²) in [5, 5.41) is 18.3. The molecule has 0 fully saturated rings. The van der Waals surface area contributed by atoms with Gasteiger partial charge in [0, 0.05) is 12.1 Å². The number of ether oxygens (including phenoxy) is 2. The molecule has 0 saturated heterocycles. The van der Waals surface area contributed by atoms with E-state index in [2.05, 4.69) is 0 Å². The van der Waals surface area contributed by atoms with E-state index in [1.165, 1.54) is 14.2 Å². The molecule has 1 aromatic carbocycles. The third kappa shape index (κ3) is 3.59. The predicted molar refractivity (Wildman–Crippen MR) is 69.6 cm³/mol. The standard InChI is InChI=1S/C13H19NO5/c1-14(6-7-15)12(13(16)17)10-8-9(18-2)4-5-11(10)19-3/h4-5,8,12,15H,6-7H2,1-3H3,(H,16,17). The van der Waals surface area contributed by atoms with E-state index in [1.807, 2.05) is 0 Å². The summed E-state index contributed by atoms with van der Waals surface area (Å²) in [7, 11) is 4.63. The Morgan fingerprint density at radius 1 is 1.37 bits per heavy atom. The van der Waals surface area contributed by atoms with Crippen molar-refractivity contribution < 1.29 is 24.5 Å². The van der Waals surface area contributed by atoms with E-state index < -0.39 is 12.0 Å². The van der Waals surface area contributed by atoms with Crippen LogP contribution in [0.2, 0.25) is 0 Å². The first-order valence-electron chi connectivity index (χ1n) is 5.81. The lowest BCUT2D eigenvalue weighted by Crippen LogP contribution is -2.33. The van der Waals surface area contributed by atoms with E-state index in [4.69, 9.17) is 14.6 Å². The van der Waals surface area contributed by atoms with Crippen LogP contribution in [0.15, 0.2) is 18.2 Å². The van der Waals surface area contributed by atoms with Gasteiger partial charge in [-0.3, -0.25) is 9.69 Å². The number of hydrogen-bond acceptors (Lipinski definition) is 5. The molecule has 1 unspecified atom stereocenters. The molecule has 0 amide bonds. The van der Waals surface area contributed by atoms with Crippen LogP contribution in [-0.4, -0.2) is 55.5 Å². The number of benzene rings is 1. The lowest BCUT2D eigenvalue weighted by atomic mass is 10.0. The van der Waals surface area contributed by atoms with Gasteiger partial charge in [0.05, 0.1) is 20.8 Å². The number of hydrogen-bond donors (Lipinski definition) is 2. The fraction of sp³-hybridized carbons (Fsp3) is 0.462. The smallest absolute Gasteiger partial charge is 0.325 e. The summed E-state index contributed by atoms with van der Waals surface area (Å²) in [5.74, 6) is 0.0138. The van der Waals surface area contributed by atoms with Crippen LogP contribution < -0.4 is 9.47 Å². The fourth-order valence-electron chi connectivity index (χ4n) is 1.90. The number of carbonyl (C=O) groups is 1. The lowest BCUT2D eigenvalue weighted by molar-refractivity contribution is -0.143. The van der Waals surface area contributed by atoms with Gasteiger partial charge >= 0.3 is 5.97 Å². The van der Waals surface area contributed by atoms with Gasteiger partial charge < -0.3 is 19.7 Å². The minimum Gasteiger partial charge on any atom is -0.497 e. The Bertz CT molecular complexity index is 435. The van der Waals surface area contributed by atoms with Crippen molar-refractivity contribution in [3.05, 3.63) is 23.8 Å². The molecule has 6 nitrogen and oxygen atoms in total. The summed E-state index contributed by atoms with van der Waals surface area (Å²) >= 11 is 0. The highest BCUT2D eigenvalue weighted by Gasteiger charge is 2.27. The summed E-state index contributed by atoms with van der Waals surface area (Å²) < 4.78 is 10.3. The Morgan fingerprint density at radius 2 is 2.05 bits per heavy atom. The summed E-state index contributed by atoms with van der Waals surface area (Å²) in [6.07, 6.45) is 0. The molecule has 106 valence electrons. The number of carboxylic acids is 1. The van der Waals surface area contributed by atoms with Crippen molar-refractivity contribution in [3.8, 4) is 11.5 Å². The van der Waals surface area contributed by atoms with Gasteiger partial charge in [0.25, 0.3) is 0 Å². The van der Waals surface area contributed by atoms with Crippen LogP contribution in [0, 0.1) is 0 Å². The monoisotopic (exact) mass is 269 g/mol. The van der Waals surface area contributed by atoms with Crippen LogP contribution in [0.25, 0.3) is 0 Å². The number of aliphatic hydroxyl groups is 1. The fourth-order valence-corrected chi connectivity index (χ4v) is 1.90. The van der Waals surface area contributed by atoms with Gasteiger partial charge in [-0.25, -0.2) is 0 Å². The summed E-state index contributed by atoms with van der Waals surface area (Å²) in [6.45, 7) is 0.129. The van der Waals surface area contributed by atoms with Crippen LogP contribution in [0.4, 0.5) is 0 Å². The average Bonchev–Trinajstić information content (AvgIpc) is 2.38. The van der Waals surface area contributed by atoms with Crippen LogP contribution in [0.5, 0.6) is 11.5 Å². The zero-order chi connectivity index (χ0) is 14.4. The topological polar surface area (TPSA) is 79.2 Å². The van der Waals surface area contributed by atoms with Crippen LogP contribution >= 0.6 is 0 Å². The molecule has 0 aromatic heterocycles. The van der Waals surface area contributed by atoms with Gasteiger partial charge in [-0.2, -0.15) is 0 Å². The maximum atomic E-state index is 11.5. The van der Waals surface area contributed by atoms with Crippen molar-refractivity contribution in [2.24, 2.45) is 0 Å². The van der Waals surface area contributed by atoms with E-state index in [-0.39, 0.29) is 13.2 Å². The molecule has 2 N–H and O–H groups in total. The zero-order valence-corrected chi connectivity index (χ0v) is 11.3. The summed E-state index contributed by atoms with van der Waals surface area (Å²) in [5.41, 5.74) is 0.491. The second kappa shape index (κ2) is 6.96. The number of aliphatic carboxylic acids is 1. The molecule has 0 aliphatic rings. The molecule has 0 aliphatic carbocycles. The van der Waals surface area contributed by atoms with Gasteiger partial charge in [-0.05, 0) is 25.2 Å². The second-order valence-corrected chi connectivity index (χ2v) is 4.05. The Kier molecular flexibility index (Phi) is 5.59. The Hall–Kier alpha value is -1.79. The number of aliphatic hydroxyl groups excluding tert-OH is 1. The molecule has 1 rings (SSSR count). The van der Waals surface area contributed by atoms with Gasteiger partial charge in [0.15, 0.2) is 0 Å². The zero-order valence-electron chi connectivity index (χ0n) is 11.3. The van der Waals surface area contributed by atoms with Gasteiger partial charge in [-0.1, -0.05) is 0 Å². The maximum Gasteiger partial charge on any atom is 0.325 e. The Labute approximate surface area is 112 Å². The molecule has 0 spiro atoms. The van der Waals surface area contributed by atoms with E-state index in [9.17, 15) is 9.90 Å². The largest absolute Gasteiger partial charge is 0.497 e. The lowest BCUT2D eigenvalue weighted by Gasteiger charge is -2.25. The predicted octanol–water partition coefficient (Wildman–Crippen LogP) is 0.754. The van der Waals surface area contributed by atoms with Gasteiger partial charge in [-0.15, -0.1) is 0 Å². The normalized spacial score (nSPS) is 12.3. The highest BCUT2D eigenvalue weighted by atomic mass is 16.5. The first kappa shape index (κ1) is 15.3. The maximum absolute atomic E-state index is 11.5. The number of likely N-dealkylation sites (N-methyl/N-ethyl adjacent to an activating group) is 1. The minimum absolute atomic E-state index is 0.118. The number of carboxylic acid groups (broad SMARTS) is 1. The number of methoxy groups -OCH3 is 2. The van der Waals surface area contributed by atoms with Gasteiger partial charge in [0.1, 0.15) is 17.5 Å². The molecule has 0 radical (unpaired) electrons. The van der Waals surface area contributed by atoms with E-state index >= 15 is 0 Å². The molecule has 0 heterocycles. The van der Waals surface area contributed by atoms with E-state index in [0.29, 0.717) is 17.1 Å². The molecule has 1 aromatic rings. The van der Waals surface area contributed by atoms with Crippen LogP contribution in [0.1, 0.15) is 11.6 Å². The molecule has 1 atom stereocenters. The molecule has 0 bridgehead atoms. The number of rotatable bonds is 7. The molecular weight excluding hydrogens is 250 g/mol. The average molecular weight is 269 g/mol. The summed E-state index contributed by atoms with van der Waals surface area (Å²) in [4.78, 5) is 13.0. The van der Waals surface area contributed by atoms with Crippen molar-refractivity contribution in [2.45, 2.75) is 6.04 Å². The highest BCUT2D eigenvalue weighted by Crippen LogP contribution is 2.32. The Balaban J connectivity index is 3.23. The third-order valence-corrected chi connectivity index (χ3v) is 2.86. The molecule has 0 saturated carbocycles. The van der Waals surface area contributed by atoms with Crippen molar-refractivity contribution >= 4 is 5.97 Å². The van der Waals surface area contributed by atoms with E-state index in [0.717, 1.165) is 0 Å². The van der Waals surface area contributed by atoms with Crippen LogP contribution in [0.3, 0.4) is 0 Å². The van der Waals surface area contributed by atoms with E-state index in [1.54, 1.807) is 30.1 Å². The molecule has 6 heteroatoms. The van der Waals surface area contributed by atoms with Crippen molar-refractivity contribution in [1.82, 2.24) is 4.90 Å². The number of nitrogens with zero attached hydrogens (tertiary/aromatic N) is 1. The Morgan fingerprint density at radius 3 is 2.53 bits per heavy atom. The highest BCUT2D eigenvalue weighted by molar-refractivity contribution is 5.77. The summed E-state index contributed by atoms with van der Waals surface area (Å²) in [6, 6.07) is 4.09. The van der Waals surface area contributed by atoms with Crippen LogP contribution in [-0.2, 0) is 4.79 Å². The molecule has 0 aliphatic heterocycles. The second-order valence-electron chi connectivity index (χ2n) is 4.05. The third-order valence-electron chi connectivity index (χ3n) is 2.86.